The molecule has 0 saturated heterocycles. The van der Waals surface area contributed by atoms with Crippen molar-refractivity contribution in [3.8, 4) is 11.8 Å². The summed E-state index contributed by atoms with van der Waals surface area (Å²) in [5, 5.41) is 8.39. The Morgan fingerprint density at radius 2 is 2.08 bits per heavy atom. The van der Waals surface area contributed by atoms with Gasteiger partial charge in [0.2, 0.25) is 0 Å². The summed E-state index contributed by atoms with van der Waals surface area (Å²) in [6.07, 6.45) is 2.24. The van der Waals surface area contributed by atoms with Gasteiger partial charge in [0, 0.05) is 18.8 Å². The van der Waals surface area contributed by atoms with Crippen molar-refractivity contribution in [3.63, 3.8) is 0 Å². The lowest BCUT2D eigenvalue weighted by atomic mass is 10.3. The lowest BCUT2D eigenvalue weighted by molar-refractivity contribution is 0.305. The normalized spacial score (nSPS) is 8.83. The molecule has 1 rings (SSSR count). The zero-order valence-corrected chi connectivity index (χ0v) is 6.29. The van der Waals surface area contributed by atoms with Crippen molar-refractivity contribution < 1.29 is 9.50 Å². The Balaban J connectivity index is 2.66. The van der Waals surface area contributed by atoms with Crippen molar-refractivity contribution >= 4 is 0 Å². The highest BCUT2D eigenvalue weighted by atomic mass is 19.1. The molecule has 0 atom stereocenters. The monoisotopic (exact) mass is 166 g/mol. The van der Waals surface area contributed by atoms with Crippen LogP contribution in [0, 0.1) is 17.9 Å². The molecule has 0 fully saturated rings. The van der Waals surface area contributed by atoms with Crippen molar-refractivity contribution in [2.45, 2.75) is 6.42 Å². The molecule has 0 saturated carbocycles. The van der Waals surface area contributed by atoms with Crippen LogP contribution in [-0.2, 0) is 0 Å². The average molecular weight is 166 g/mol. The van der Waals surface area contributed by atoms with Gasteiger partial charge in [-0.2, -0.15) is 4.39 Å². The number of hydrogen-bond donors (Lipinski definition) is 1. The molecule has 1 N–H and O–H groups in total. The van der Waals surface area contributed by atoms with Gasteiger partial charge in [-0.1, -0.05) is 11.8 Å². The van der Waals surface area contributed by atoms with Crippen LogP contribution in [0.25, 0.3) is 0 Å². The molecule has 1 heterocycles. The third-order valence-electron chi connectivity index (χ3n) is 1.09. The summed E-state index contributed by atoms with van der Waals surface area (Å²) in [7, 11) is 0. The van der Waals surface area contributed by atoms with Crippen LogP contribution in [0.15, 0.2) is 12.4 Å². The molecule has 0 amide bonds. The Labute approximate surface area is 69.3 Å². The maximum absolute atomic E-state index is 12.2. The molecular weight excluding hydrogens is 159 g/mol. The zero-order valence-electron chi connectivity index (χ0n) is 6.29. The highest BCUT2D eigenvalue weighted by molar-refractivity contribution is 5.28. The third kappa shape index (κ3) is 2.64. The van der Waals surface area contributed by atoms with Gasteiger partial charge in [0.05, 0.1) is 12.2 Å². The van der Waals surface area contributed by atoms with Gasteiger partial charge in [0.25, 0.3) is 0 Å². The van der Waals surface area contributed by atoms with Gasteiger partial charge in [-0.05, 0) is 0 Å². The molecule has 4 heteroatoms. The summed E-state index contributed by atoms with van der Waals surface area (Å²) >= 11 is 0. The van der Waals surface area contributed by atoms with E-state index in [0.717, 1.165) is 0 Å². The van der Waals surface area contributed by atoms with Crippen LogP contribution in [0.3, 0.4) is 0 Å². The molecule has 3 nitrogen and oxygen atoms in total. The zero-order chi connectivity index (χ0) is 8.81. The second-order valence-electron chi connectivity index (χ2n) is 2.02. The Morgan fingerprint density at radius 3 is 2.67 bits per heavy atom. The van der Waals surface area contributed by atoms with E-state index < -0.39 is 6.08 Å². The first-order chi connectivity index (χ1) is 5.83. The molecule has 12 heavy (non-hydrogen) atoms. The maximum atomic E-state index is 12.2. The Hall–Kier alpha value is -1.47. The van der Waals surface area contributed by atoms with Crippen molar-refractivity contribution in [2.24, 2.45) is 0 Å². The number of halogens is 1. The summed E-state index contributed by atoms with van der Waals surface area (Å²) in [4.78, 5) is 6.63. The van der Waals surface area contributed by atoms with E-state index >= 15 is 0 Å². The van der Waals surface area contributed by atoms with Crippen molar-refractivity contribution in [3.05, 3.63) is 24.0 Å². The molecule has 62 valence electrons. The van der Waals surface area contributed by atoms with Crippen molar-refractivity contribution in [1.82, 2.24) is 9.97 Å². The molecule has 0 aliphatic rings. The molecule has 0 aliphatic heterocycles. The topological polar surface area (TPSA) is 46.0 Å². The lowest BCUT2D eigenvalue weighted by Crippen LogP contribution is -1.88. The van der Waals surface area contributed by atoms with Gasteiger partial charge in [-0.15, -0.1) is 0 Å². The summed E-state index contributed by atoms with van der Waals surface area (Å²) in [5.74, 6) is 5.34. The van der Waals surface area contributed by atoms with Crippen LogP contribution in [0.4, 0.5) is 4.39 Å². The number of aromatic nitrogens is 2. The van der Waals surface area contributed by atoms with Crippen molar-refractivity contribution in [1.29, 1.82) is 0 Å². The van der Waals surface area contributed by atoms with Gasteiger partial charge >= 0.3 is 6.08 Å². The second-order valence-corrected chi connectivity index (χ2v) is 2.02. The molecule has 0 radical (unpaired) electrons. The quantitative estimate of drug-likeness (QED) is 0.483. The first kappa shape index (κ1) is 8.62. The number of rotatable bonds is 1. The van der Waals surface area contributed by atoms with Gasteiger partial charge in [0.15, 0.2) is 0 Å². The van der Waals surface area contributed by atoms with E-state index in [2.05, 4.69) is 21.8 Å². The third-order valence-corrected chi connectivity index (χ3v) is 1.09. The summed E-state index contributed by atoms with van der Waals surface area (Å²) in [5.41, 5.74) is 0.546. The van der Waals surface area contributed by atoms with E-state index in [9.17, 15) is 4.39 Å². The van der Waals surface area contributed by atoms with E-state index in [-0.39, 0.29) is 6.61 Å². The van der Waals surface area contributed by atoms with E-state index in [1.807, 2.05) is 0 Å². The highest BCUT2D eigenvalue weighted by Gasteiger charge is 1.90. The standard InChI is InChI=1S/C8H7FN2O/c9-8-10-5-7(6-11-8)3-1-2-4-12/h5-6,12H,2,4H2. The van der Waals surface area contributed by atoms with Crippen molar-refractivity contribution in [2.75, 3.05) is 6.61 Å². The predicted molar refractivity (Wildman–Crippen MR) is 40.6 cm³/mol. The van der Waals surface area contributed by atoms with Crippen LogP contribution >= 0.6 is 0 Å². The fourth-order valence-corrected chi connectivity index (χ4v) is 0.597. The average Bonchev–Trinajstić information content (AvgIpc) is 2.09. The van der Waals surface area contributed by atoms with E-state index in [0.29, 0.717) is 12.0 Å². The summed E-state index contributed by atoms with van der Waals surface area (Å²) < 4.78 is 12.2. The molecule has 0 spiro atoms. The minimum absolute atomic E-state index is 0.0229. The maximum Gasteiger partial charge on any atom is 0.308 e. The molecular formula is C8H7FN2O. The Morgan fingerprint density at radius 1 is 1.42 bits per heavy atom. The van der Waals surface area contributed by atoms with Crippen LogP contribution in [0.1, 0.15) is 12.0 Å². The van der Waals surface area contributed by atoms with Crippen LogP contribution < -0.4 is 0 Å². The van der Waals surface area contributed by atoms with Gasteiger partial charge in [-0.25, -0.2) is 9.97 Å². The first-order valence-corrected chi connectivity index (χ1v) is 3.40. The lowest BCUT2D eigenvalue weighted by Gasteiger charge is -1.86. The SMILES string of the molecule is OCCC#Cc1cnc(F)nc1. The molecule has 0 aliphatic carbocycles. The fraction of sp³-hybridized carbons (Fsp3) is 0.250. The summed E-state index contributed by atoms with van der Waals surface area (Å²) in [6.45, 7) is 0.0229. The predicted octanol–water partition coefficient (Wildman–Crippen LogP) is 0.350. The summed E-state index contributed by atoms with van der Waals surface area (Å²) in [6, 6.07) is 0. The van der Waals surface area contributed by atoms with E-state index in [1.54, 1.807) is 0 Å². The van der Waals surface area contributed by atoms with E-state index in [1.165, 1.54) is 12.4 Å². The highest BCUT2D eigenvalue weighted by Crippen LogP contribution is 1.91. The molecule has 1 aromatic heterocycles. The number of aliphatic hydroxyl groups is 1. The minimum Gasteiger partial charge on any atom is -0.395 e. The second kappa shape index (κ2) is 4.42. The largest absolute Gasteiger partial charge is 0.395 e. The van der Waals surface area contributed by atoms with Gasteiger partial charge in [0.1, 0.15) is 0 Å². The van der Waals surface area contributed by atoms with E-state index in [4.69, 9.17) is 5.11 Å². The Kier molecular flexibility index (Phi) is 3.17. The molecule has 0 unspecified atom stereocenters. The van der Waals surface area contributed by atoms with Gasteiger partial charge in [-0.3, -0.25) is 0 Å². The van der Waals surface area contributed by atoms with Crippen LogP contribution in [0.2, 0.25) is 0 Å². The van der Waals surface area contributed by atoms with Gasteiger partial charge < -0.3 is 5.11 Å². The molecule has 1 aromatic rings. The number of aliphatic hydroxyl groups excluding tert-OH is 1. The molecule has 0 aromatic carbocycles. The minimum atomic E-state index is -0.761. The fourth-order valence-electron chi connectivity index (χ4n) is 0.597. The molecule has 0 bridgehead atoms. The number of nitrogens with zero attached hydrogens (tertiary/aromatic N) is 2. The smallest absolute Gasteiger partial charge is 0.308 e. The Bertz CT molecular complexity index is 299. The first-order valence-electron chi connectivity index (χ1n) is 3.40. The number of hydrogen-bond acceptors (Lipinski definition) is 3. The van der Waals surface area contributed by atoms with Crippen LogP contribution in [0.5, 0.6) is 0 Å². The van der Waals surface area contributed by atoms with Crippen LogP contribution in [-0.4, -0.2) is 21.7 Å².